The number of nitrogens with zero attached hydrogens (tertiary/aromatic N) is 2. The smallest absolute Gasteiger partial charge is 0.249 e. The highest BCUT2D eigenvalue weighted by atomic mass is 35.5. The van der Waals surface area contributed by atoms with E-state index in [1.807, 2.05) is 0 Å². The van der Waals surface area contributed by atoms with Crippen LogP contribution in [0.4, 0.5) is 0 Å². The van der Waals surface area contributed by atoms with Gasteiger partial charge in [-0.1, -0.05) is 29.3 Å². The first kappa shape index (κ1) is 15.5. The van der Waals surface area contributed by atoms with Crippen molar-refractivity contribution in [1.29, 1.82) is 0 Å². The van der Waals surface area contributed by atoms with E-state index in [1.165, 1.54) is 6.21 Å². The molecule has 0 saturated carbocycles. The van der Waals surface area contributed by atoms with E-state index in [9.17, 15) is 9.59 Å². The first-order valence-electron chi connectivity index (χ1n) is 6.08. The van der Waals surface area contributed by atoms with Crippen LogP contribution in [0.1, 0.15) is 18.9 Å². The van der Waals surface area contributed by atoms with Gasteiger partial charge in [-0.2, -0.15) is 10.2 Å². The zero-order valence-corrected chi connectivity index (χ0v) is 12.6. The molecule has 0 spiro atoms. The summed E-state index contributed by atoms with van der Waals surface area (Å²) < 4.78 is 0. The molecule has 6 nitrogen and oxygen atoms in total. The molecule has 1 aromatic rings. The number of halogens is 2. The van der Waals surface area contributed by atoms with Crippen LogP contribution in [0, 0.1) is 5.92 Å². The van der Waals surface area contributed by atoms with Gasteiger partial charge >= 0.3 is 0 Å². The number of hydrazone groups is 2. The fourth-order valence-corrected chi connectivity index (χ4v) is 2.20. The third kappa shape index (κ3) is 4.03. The van der Waals surface area contributed by atoms with Crippen LogP contribution in [-0.2, 0) is 9.59 Å². The Hall–Kier alpha value is -1.92. The molecule has 0 aromatic heterocycles. The molecule has 1 aromatic carbocycles. The Bertz CT molecular complexity index is 643. The van der Waals surface area contributed by atoms with Crippen molar-refractivity contribution < 1.29 is 9.59 Å². The van der Waals surface area contributed by atoms with Crippen molar-refractivity contribution in [3.05, 3.63) is 33.8 Å². The fraction of sp³-hybridized carbons (Fsp3) is 0.231. The lowest BCUT2D eigenvalue weighted by molar-refractivity contribution is -0.127. The molecule has 2 amide bonds. The molecular weight excluding hydrogens is 315 g/mol. The minimum Gasteiger partial charge on any atom is -0.273 e. The van der Waals surface area contributed by atoms with Crippen LogP contribution in [0.15, 0.2) is 28.4 Å². The average Bonchev–Trinajstić information content (AvgIpc) is 2.73. The maximum atomic E-state index is 11.7. The van der Waals surface area contributed by atoms with Crippen LogP contribution in [0.25, 0.3) is 0 Å². The van der Waals surface area contributed by atoms with Crippen LogP contribution in [0.5, 0.6) is 0 Å². The van der Waals surface area contributed by atoms with E-state index in [-0.39, 0.29) is 18.2 Å². The highest BCUT2D eigenvalue weighted by Gasteiger charge is 2.28. The van der Waals surface area contributed by atoms with Crippen LogP contribution in [0.3, 0.4) is 0 Å². The quantitative estimate of drug-likeness (QED) is 0.654. The van der Waals surface area contributed by atoms with E-state index in [4.69, 9.17) is 23.2 Å². The van der Waals surface area contributed by atoms with E-state index in [1.54, 1.807) is 25.1 Å². The Balaban J connectivity index is 1.90. The van der Waals surface area contributed by atoms with Crippen molar-refractivity contribution >= 4 is 46.9 Å². The van der Waals surface area contributed by atoms with Gasteiger partial charge in [0.2, 0.25) is 11.8 Å². The van der Waals surface area contributed by atoms with Gasteiger partial charge in [-0.15, -0.1) is 0 Å². The number of carbonyl (C=O) groups is 2. The number of carbonyl (C=O) groups excluding carboxylic acids is 2. The SMILES string of the molecule is CC1=NNC(=O)[C@@H]1CC(=O)N/N=C\c1ccc(Cl)cc1Cl. The molecule has 2 rings (SSSR count). The number of benzene rings is 1. The molecule has 0 unspecified atom stereocenters. The standard InChI is InChI=1S/C13H12Cl2N4O2/c1-7-10(13(21)19-17-7)5-12(20)18-16-6-8-2-3-9(14)4-11(8)15/h2-4,6,10H,5H2,1H3,(H,18,20)(H,19,21)/b16-6-/t10-/m1/s1. The fourth-order valence-electron chi connectivity index (χ4n) is 1.74. The van der Waals surface area contributed by atoms with Crippen LogP contribution >= 0.6 is 23.2 Å². The Morgan fingerprint density at radius 3 is 2.90 bits per heavy atom. The third-order valence-electron chi connectivity index (χ3n) is 2.91. The van der Waals surface area contributed by atoms with Crippen molar-refractivity contribution in [1.82, 2.24) is 10.9 Å². The molecule has 8 heteroatoms. The zero-order chi connectivity index (χ0) is 15.4. The van der Waals surface area contributed by atoms with Gasteiger partial charge in [-0.05, 0) is 19.1 Å². The van der Waals surface area contributed by atoms with Gasteiger partial charge in [0.25, 0.3) is 0 Å². The molecule has 1 heterocycles. The summed E-state index contributed by atoms with van der Waals surface area (Å²) >= 11 is 11.7. The molecule has 2 N–H and O–H groups in total. The maximum Gasteiger partial charge on any atom is 0.249 e. The lowest BCUT2D eigenvalue weighted by Crippen LogP contribution is -2.29. The van der Waals surface area contributed by atoms with Crippen LogP contribution < -0.4 is 10.9 Å². The Kier molecular flexibility index (Phi) is 4.93. The van der Waals surface area contributed by atoms with Crippen LogP contribution in [-0.4, -0.2) is 23.7 Å². The molecule has 0 fully saturated rings. The summed E-state index contributed by atoms with van der Waals surface area (Å²) in [6.45, 7) is 1.69. The Labute approximate surface area is 131 Å². The second-order valence-electron chi connectivity index (χ2n) is 4.44. The average molecular weight is 327 g/mol. The Morgan fingerprint density at radius 1 is 1.52 bits per heavy atom. The van der Waals surface area contributed by atoms with Crippen molar-refractivity contribution in [2.45, 2.75) is 13.3 Å². The number of amides is 2. The minimum atomic E-state index is -0.542. The van der Waals surface area contributed by atoms with E-state index in [0.29, 0.717) is 21.3 Å². The second kappa shape index (κ2) is 6.69. The van der Waals surface area contributed by atoms with Crippen molar-refractivity contribution in [2.75, 3.05) is 0 Å². The molecule has 21 heavy (non-hydrogen) atoms. The van der Waals surface area contributed by atoms with Gasteiger partial charge in [0, 0.05) is 22.7 Å². The number of nitrogens with one attached hydrogen (secondary N) is 2. The highest BCUT2D eigenvalue weighted by Crippen LogP contribution is 2.19. The minimum absolute atomic E-state index is 0.00709. The van der Waals surface area contributed by atoms with Gasteiger partial charge in [0.1, 0.15) is 0 Å². The molecule has 0 saturated heterocycles. The second-order valence-corrected chi connectivity index (χ2v) is 5.29. The van der Waals surface area contributed by atoms with Gasteiger partial charge in [-0.3, -0.25) is 9.59 Å². The number of hydrogen-bond donors (Lipinski definition) is 2. The first-order valence-corrected chi connectivity index (χ1v) is 6.84. The molecule has 0 aliphatic carbocycles. The summed E-state index contributed by atoms with van der Waals surface area (Å²) in [6.07, 6.45) is 1.40. The highest BCUT2D eigenvalue weighted by molar-refractivity contribution is 6.36. The molecule has 110 valence electrons. The van der Waals surface area contributed by atoms with Crippen molar-refractivity contribution in [3.63, 3.8) is 0 Å². The monoisotopic (exact) mass is 326 g/mol. The maximum absolute atomic E-state index is 11.7. The summed E-state index contributed by atoms with van der Waals surface area (Å²) in [6, 6.07) is 4.93. The van der Waals surface area contributed by atoms with E-state index in [0.717, 1.165) is 0 Å². The summed E-state index contributed by atoms with van der Waals surface area (Å²) in [7, 11) is 0. The molecular formula is C13H12Cl2N4O2. The number of rotatable bonds is 4. The van der Waals surface area contributed by atoms with Crippen molar-refractivity contribution in [3.8, 4) is 0 Å². The van der Waals surface area contributed by atoms with Gasteiger partial charge in [-0.25, -0.2) is 10.9 Å². The summed E-state index contributed by atoms with van der Waals surface area (Å²) in [5.74, 6) is -1.21. The molecule has 1 aliphatic rings. The van der Waals surface area contributed by atoms with Crippen molar-refractivity contribution in [2.24, 2.45) is 16.1 Å². The zero-order valence-electron chi connectivity index (χ0n) is 11.1. The van der Waals surface area contributed by atoms with Gasteiger partial charge < -0.3 is 0 Å². The molecule has 1 atom stereocenters. The van der Waals surface area contributed by atoms with Crippen LogP contribution in [0.2, 0.25) is 10.0 Å². The van der Waals surface area contributed by atoms with E-state index < -0.39 is 5.92 Å². The number of hydrogen-bond acceptors (Lipinski definition) is 4. The third-order valence-corrected chi connectivity index (χ3v) is 3.47. The molecule has 0 bridgehead atoms. The summed E-state index contributed by atoms with van der Waals surface area (Å²) in [5.41, 5.74) is 5.87. The van der Waals surface area contributed by atoms with E-state index in [2.05, 4.69) is 21.1 Å². The Morgan fingerprint density at radius 2 is 2.29 bits per heavy atom. The first-order chi connectivity index (χ1) is 9.97. The largest absolute Gasteiger partial charge is 0.273 e. The summed E-state index contributed by atoms with van der Waals surface area (Å²) in [5, 5.41) is 8.51. The van der Waals surface area contributed by atoms with Gasteiger partial charge in [0.05, 0.1) is 17.2 Å². The normalized spacial score (nSPS) is 17.8. The molecule has 0 radical (unpaired) electrons. The van der Waals surface area contributed by atoms with Gasteiger partial charge in [0.15, 0.2) is 0 Å². The topological polar surface area (TPSA) is 82.9 Å². The molecule has 1 aliphatic heterocycles. The summed E-state index contributed by atoms with van der Waals surface area (Å²) in [4.78, 5) is 23.1. The predicted octanol–water partition coefficient (Wildman–Crippen LogP) is 1.96. The lowest BCUT2D eigenvalue weighted by atomic mass is 10.0. The lowest BCUT2D eigenvalue weighted by Gasteiger charge is -2.05. The predicted molar refractivity (Wildman–Crippen MR) is 81.6 cm³/mol. The van der Waals surface area contributed by atoms with E-state index >= 15 is 0 Å².